The Hall–Kier alpha value is 0.0600. The predicted molar refractivity (Wildman–Crippen MR) is 63.1 cm³/mol. The van der Waals surface area contributed by atoms with E-state index in [2.05, 4.69) is 15.9 Å². The molecule has 1 unspecified atom stereocenters. The number of hydrogen-bond donors (Lipinski definition) is 1. The molecule has 0 amide bonds. The zero-order chi connectivity index (χ0) is 12.4. The molecule has 16 heavy (non-hydrogen) atoms. The maximum absolute atomic E-state index is 12.1. The summed E-state index contributed by atoms with van der Waals surface area (Å²) in [4.78, 5) is 11.8. The van der Waals surface area contributed by atoms with Crippen molar-refractivity contribution in [1.82, 2.24) is 0 Å². The number of carbonyl (C=O) groups excluding carboxylic acids is 1. The Morgan fingerprint density at radius 1 is 1.50 bits per heavy atom. The standard InChI is InChI=1S/C10H15BrO4S/c1-9-4-3-6(7(11)8(9)12)10(9,2)5-16(13,14)15/h6-7H,3-5H2,1-2H3,(H,13,14,15)/t6-,7+,9+,10?/m0/s1. The lowest BCUT2D eigenvalue weighted by Crippen LogP contribution is -2.40. The summed E-state index contributed by atoms with van der Waals surface area (Å²) in [6.07, 6.45) is 1.55. The van der Waals surface area contributed by atoms with Gasteiger partial charge in [-0.15, -0.1) is 0 Å². The second-order valence-corrected chi connectivity index (χ2v) is 7.83. The summed E-state index contributed by atoms with van der Waals surface area (Å²) in [5, 5.41) is 0. The molecule has 0 aromatic rings. The SMILES string of the molecule is CC1(CS(=O)(=O)O)[C@H]2CC[C@]1(C)C(=O)[C@@H]2Br. The Labute approximate surface area is 104 Å². The number of hydrogen-bond acceptors (Lipinski definition) is 3. The second kappa shape index (κ2) is 3.29. The monoisotopic (exact) mass is 310 g/mol. The van der Waals surface area contributed by atoms with Crippen molar-refractivity contribution in [1.29, 1.82) is 0 Å². The molecule has 0 aliphatic heterocycles. The average molecular weight is 311 g/mol. The summed E-state index contributed by atoms with van der Waals surface area (Å²) in [6, 6.07) is 0. The number of ketones is 1. The first-order valence-corrected chi connectivity index (χ1v) is 7.78. The van der Waals surface area contributed by atoms with Gasteiger partial charge in [-0.1, -0.05) is 29.8 Å². The molecule has 92 valence electrons. The fourth-order valence-corrected chi connectivity index (χ4v) is 6.11. The zero-order valence-electron chi connectivity index (χ0n) is 9.23. The van der Waals surface area contributed by atoms with Crippen molar-refractivity contribution in [2.75, 3.05) is 5.75 Å². The van der Waals surface area contributed by atoms with E-state index < -0.39 is 20.9 Å². The number of Topliss-reactive ketones (excluding diaryl/α,β-unsaturated/α-hetero) is 1. The Morgan fingerprint density at radius 3 is 2.44 bits per heavy atom. The van der Waals surface area contributed by atoms with E-state index in [9.17, 15) is 13.2 Å². The van der Waals surface area contributed by atoms with Crippen molar-refractivity contribution in [2.45, 2.75) is 31.5 Å². The Morgan fingerprint density at radius 2 is 2.06 bits per heavy atom. The van der Waals surface area contributed by atoms with Crippen LogP contribution in [0.4, 0.5) is 0 Å². The highest BCUT2D eigenvalue weighted by molar-refractivity contribution is 9.10. The third-order valence-electron chi connectivity index (χ3n) is 4.66. The first-order chi connectivity index (χ1) is 7.12. The third kappa shape index (κ3) is 1.42. The van der Waals surface area contributed by atoms with E-state index in [1.165, 1.54) is 0 Å². The molecule has 0 saturated heterocycles. The van der Waals surface area contributed by atoms with Crippen LogP contribution in [0.2, 0.25) is 0 Å². The van der Waals surface area contributed by atoms with Gasteiger partial charge in [-0.2, -0.15) is 8.42 Å². The van der Waals surface area contributed by atoms with Crippen LogP contribution < -0.4 is 0 Å². The lowest BCUT2D eigenvalue weighted by Gasteiger charge is -2.35. The van der Waals surface area contributed by atoms with Crippen molar-refractivity contribution in [2.24, 2.45) is 16.7 Å². The number of fused-ring (bicyclic) bond motifs is 2. The Kier molecular flexibility index (Phi) is 2.58. The molecule has 2 aliphatic rings. The van der Waals surface area contributed by atoms with Gasteiger partial charge in [0.1, 0.15) is 0 Å². The van der Waals surface area contributed by atoms with Crippen LogP contribution in [-0.2, 0) is 14.9 Å². The molecule has 2 bridgehead atoms. The molecule has 0 aromatic heterocycles. The minimum Gasteiger partial charge on any atom is -0.298 e. The van der Waals surface area contributed by atoms with Crippen molar-refractivity contribution >= 4 is 31.8 Å². The van der Waals surface area contributed by atoms with Crippen molar-refractivity contribution in [3.05, 3.63) is 0 Å². The number of alkyl halides is 1. The molecule has 0 heterocycles. The van der Waals surface area contributed by atoms with E-state index in [0.717, 1.165) is 6.42 Å². The summed E-state index contributed by atoms with van der Waals surface area (Å²) >= 11 is 3.35. The van der Waals surface area contributed by atoms with Crippen LogP contribution >= 0.6 is 15.9 Å². The smallest absolute Gasteiger partial charge is 0.265 e. The maximum Gasteiger partial charge on any atom is 0.265 e. The molecule has 4 nitrogen and oxygen atoms in total. The molecule has 4 atom stereocenters. The average Bonchev–Trinajstić information content (AvgIpc) is 2.40. The fraction of sp³-hybridized carbons (Fsp3) is 0.900. The predicted octanol–water partition coefficient (Wildman–Crippen LogP) is 1.64. The van der Waals surface area contributed by atoms with Gasteiger partial charge in [0.15, 0.2) is 5.78 Å². The number of halogens is 1. The largest absolute Gasteiger partial charge is 0.298 e. The Bertz CT molecular complexity index is 446. The van der Waals surface area contributed by atoms with E-state index >= 15 is 0 Å². The van der Waals surface area contributed by atoms with Crippen molar-refractivity contribution < 1.29 is 17.8 Å². The van der Waals surface area contributed by atoms with E-state index in [4.69, 9.17) is 4.55 Å². The van der Waals surface area contributed by atoms with Gasteiger partial charge in [0.05, 0.1) is 10.6 Å². The first-order valence-electron chi connectivity index (χ1n) is 5.25. The highest BCUT2D eigenvalue weighted by Gasteiger charge is 2.68. The minimum absolute atomic E-state index is 0.00641. The fourth-order valence-electron chi connectivity index (χ4n) is 3.46. The highest BCUT2D eigenvalue weighted by atomic mass is 79.9. The van der Waals surface area contributed by atoms with Gasteiger partial charge < -0.3 is 0 Å². The molecule has 6 heteroatoms. The van der Waals surface area contributed by atoms with Crippen molar-refractivity contribution in [3.8, 4) is 0 Å². The van der Waals surface area contributed by atoms with Crippen LogP contribution in [0.1, 0.15) is 26.7 Å². The quantitative estimate of drug-likeness (QED) is 0.622. The second-order valence-electron chi connectivity index (χ2n) is 5.39. The van der Waals surface area contributed by atoms with Gasteiger partial charge >= 0.3 is 0 Å². The molecule has 2 fully saturated rings. The summed E-state index contributed by atoms with van der Waals surface area (Å²) in [5.41, 5.74) is -1.27. The van der Waals surface area contributed by atoms with Crippen LogP contribution in [-0.4, -0.2) is 29.3 Å². The first kappa shape index (κ1) is 12.5. The van der Waals surface area contributed by atoms with Gasteiger partial charge in [0.2, 0.25) is 0 Å². The van der Waals surface area contributed by atoms with Gasteiger partial charge in [0.25, 0.3) is 10.1 Å². The highest BCUT2D eigenvalue weighted by Crippen LogP contribution is 2.65. The normalized spacial score (nSPS) is 47.6. The van der Waals surface area contributed by atoms with Gasteiger partial charge in [-0.05, 0) is 18.8 Å². The topological polar surface area (TPSA) is 71.4 Å². The molecule has 1 N–H and O–H groups in total. The Balaban J connectivity index is 2.47. The van der Waals surface area contributed by atoms with Crippen molar-refractivity contribution in [3.63, 3.8) is 0 Å². The van der Waals surface area contributed by atoms with Gasteiger partial charge in [-0.3, -0.25) is 9.35 Å². The molecule has 0 aromatic carbocycles. The van der Waals surface area contributed by atoms with Crippen LogP contribution in [0.25, 0.3) is 0 Å². The summed E-state index contributed by atoms with van der Waals surface area (Å²) in [5.74, 6) is -0.239. The molecular formula is C10H15BrO4S. The van der Waals surface area contributed by atoms with E-state index in [1.807, 2.05) is 6.92 Å². The number of rotatable bonds is 2. The summed E-state index contributed by atoms with van der Waals surface area (Å²) < 4.78 is 31.2. The lowest BCUT2D eigenvalue weighted by molar-refractivity contribution is -0.127. The van der Waals surface area contributed by atoms with Gasteiger partial charge in [0, 0.05) is 10.8 Å². The van der Waals surface area contributed by atoms with E-state index in [-0.39, 0.29) is 22.3 Å². The molecule has 2 saturated carbocycles. The molecular weight excluding hydrogens is 296 g/mol. The lowest BCUT2D eigenvalue weighted by atomic mass is 9.70. The minimum atomic E-state index is -4.05. The van der Waals surface area contributed by atoms with E-state index in [1.54, 1.807) is 6.92 Å². The third-order valence-corrected chi connectivity index (χ3v) is 6.68. The van der Waals surface area contributed by atoms with Crippen LogP contribution in [0.5, 0.6) is 0 Å². The molecule has 0 radical (unpaired) electrons. The molecule has 2 aliphatic carbocycles. The molecule has 2 rings (SSSR count). The van der Waals surface area contributed by atoms with E-state index in [0.29, 0.717) is 6.42 Å². The van der Waals surface area contributed by atoms with Crippen LogP contribution in [0, 0.1) is 16.7 Å². The maximum atomic E-state index is 12.1. The molecule has 0 spiro atoms. The zero-order valence-corrected chi connectivity index (χ0v) is 11.6. The summed E-state index contributed by atoms with van der Waals surface area (Å²) in [6.45, 7) is 3.62. The van der Waals surface area contributed by atoms with Gasteiger partial charge in [-0.25, -0.2) is 0 Å². The summed E-state index contributed by atoms with van der Waals surface area (Å²) in [7, 11) is -4.05. The van der Waals surface area contributed by atoms with Crippen LogP contribution in [0.15, 0.2) is 0 Å². The van der Waals surface area contributed by atoms with Crippen LogP contribution in [0.3, 0.4) is 0 Å². The number of carbonyl (C=O) groups is 1.